The first-order chi connectivity index (χ1) is 37.6. The molecule has 0 N–H and O–H groups in total. The van der Waals surface area contributed by atoms with Gasteiger partial charge in [-0.1, -0.05) is 184 Å². The van der Waals surface area contributed by atoms with Gasteiger partial charge in [0.2, 0.25) is 0 Å². The maximum absolute atomic E-state index is 4.99. The summed E-state index contributed by atoms with van der Waals surface area (Å²) in [6.45, 7) is 3.81. The molecule has 0 spiro atoms. The van der Waals surface area contributed by atoms with Gasteiger partial charge in [-0.3, -0.25) is 9.98 Å². The van der Waals surface area contributed by atoms with Crippen molar-refractivity contribution in [3.63, 3.8) is 0 Å². The maximum Gasteiger partial charge on any atom is 0.252 e. The van der Waals surface area contributed by atoms with E-state index in [9.17, 15) is 0 Å². The van der Waals surface area contributed by atoms with Crippen LogP contribution < -0.4 is 26.2 Å². The lowest BCUT2D eigenvalue weighted by Gasteiger charge is -2.45. The Balaban J connectivity index is 1.15. The molecular weight excluding hydrogens is 920 g/mol. The van der Waals surface area contributed by atoms with E-state index >= 15 is 0 Å². The Bertz CT molecular complexity index is 3310. The van der Waals surface area contributed by atoms with Gasteiger partial charge < -0.3 is 9.80 Å². The van der Waals surface area contributed by atoms with Crippen molar-refractivity contribution in [2.45, 2.75) is 76.0 Å². The SMILES string of the molecule is C=N/C=C\C(=NC)c1cc2c3c(c1)N(c1cc(-c4ccccc4)cc(-c4ccccc4)c1)c1ccc(C4CCCCC4)cc1B3c1cc(C3CCCCC3)ccc1N2c1cc(-c2ccccc2)cc(-c2ccccc2)c1. The number of anilines is 6. The average Bonchev–Trinajstić information content (AvgIpc) is 3.61. The van der Waals surface area contributed by atoms with Gasteiger partial charge in [0.15, 0.2) is 0 Å². The van der Waals surface area contributed by atoms with Crippen molar-refractivity contribution >= 4 is 69.7 Å². The molecule has 0 bridgehead atoms. The van der Waals surface area contributed by atoms with Gasteiger partial charge >= 0.3 is 0 Å². The smallest absolute Gasteiger partial charge is 0.252 e. The summed E-state index contributed by atoms with van der Waals surface area (Å²) in [5, 5.41) is 0. The number of allylic oxidation sites excluding steroid dienone is 1. The van der Waals surface area contributed by atoms with E-state index in [0.29, 0.717) is 11.8 Å². The van der Waals surface area contributed by atoms with Crippen molar-refractivity contribution in [3.8, 4) is 44.5 Å². The molecule has 76 heavy (non-hydrogen) atoms. The summed E-state index contributed by atoms with van der Waals surface area (Å²) < 4.78 is 0. The predicted molar refractivity (Wildman–Crippen MR) is 325 cm³/mol. The zero-order valence-electron chi connectivity index (χ0n) is 43.6. The molecule has 0 saturated heterocycles. The van der Waals surface area contributed by atoms with Crippen molar-refractivity contribution in [2.24, 2.45) is 9.98 Å². The molecule has 0 aromatic heterocycles. The summed E-state index contributed by atoms with van der Waals surface area (Å²) in [4.78, 5) is 14.4. The average molecular weight is 983 g/mol. The van der Waals surface area contributed by atoms with Gasteiger partial charge in [0.1, 0.15) is 0 Å². The highest BCUT2D eigenvalue weighted by atomic mass is 15.2. The van der Waals surface area contributed by atoms with Crippen LogP contribution in [0.5, 0.6) is 0 Å². The standard InChI is InChI=1S/C71H63BN4/c1-73-38-37-66(74-2)61-47-69-71-70(48-61)76(63-43-59(53-29-17-7-18-30-53)40-60(44-63)54-31-19-8-20-32-54)68-36-34-56(50-23-11-4-12-24-50)46-65(68)72(71)64-45-55(49-21-9-3-10-22-49)33-35-67(64)75(69)62-41-57(51-25-13-5-14-26-51)39-58(42-62)52-27-15-6-16-28-52/h5-8,13-20,25-50H,1,3-4,9-12,21-24H2,2H3/b38-37-,74-66?. The molecule has 2 heterocycles. The van der Waals surface area contributed by atoms with E-state index in [2.05, 4.69) is 228 Å². The monoisotopic (exact) mass is 983 g/mol. The minimum absolute atomic E-state index is 0.0344. The van der Waals surface area contributed by atoms with Crippen LogP contribution in [0.1, 0.15) is 92.7 Å². The Hall–Kier alpha value is -8.28. The molecule has 0 unspecified atom stereocenters. The van der Waals surface area contributed by atoms with Crippen LogP contribution in [0, 0.1) is 0 Å². The molecule has 9 aromatic carbocycles. The van der Waals surface area contributed by atoms with E-state index in [1.807, 2.05) is 13.1 Å². The summed E-state index contributed by atoms with van der Waals surface area (Å²) in [6.07, 6.45) is 16.5. The molecule has 2 aliphatic heterocycles. The van der Waals surface area contributed by atoms with Crippen LogP contribution in [0.4, 0.5) is 34.1 Å². The van der Waals surface area contributed by atoms with Crippen molar-refractivity contribution in [2.75, 3.05) is 16.8 Å². The molecule has 2 aliphatic carbocycles. The number of hydrogen-bond donors (Lipinski definition) is 0. The summed E-state index contributed by atoms with van der Waals surface area (Å²) in [6, 6.07) is 78.0. The highest BCUT2D eigenvalue weighted by Gasteiger charge is 2.45. The molecule has 2 saturated carbocycles. The van der Waals surface area contributed by atoms with E-state index in [4.69, 9.17) is 4.99 Å². The fraction of sp³-hybridized carbons (Fsp3) is 0.183. The van der Waals surface area contributed by atoms with Gasteiger partial charge in [0.05, 0.1) is 5.71 Å². The molecular formula is C71H63BN4. The second-order valence-electron chi connectivity index (χ2n) is 21.4. The molecule has 5 heteroatoms. The maximum atomic E-state index is 4.99. The molecule has 4 aliphatic rings. The molecule has 0 amide bonds. The molecule has 4 nitrogen and oxygen atoms in total. The van der Waals surface area contributed by atoms with E-state index in [0.717, 1.165) is 34.0 Å². The number of hydrogen-bond acceptors (Lipinski definition) is 4. The highest BCUT2D eigenvalue weighted by molar-refractivity contribution is 7.00. The Morgan fingerprint density at radius 1 is 0.434 bits per heavy atom. The third-order valence-electron chi connectivity index (χ3n) is 16.9. The van der Waals surface area contributed by atoms with Crippen LogP contribution in [0.3, 0.4) is 0 Å². The lowest BCUT2D eigenvalue weighted by Crippen LogP contribution is -2.61. The van der Waals surface area contributed by atoms with E-state index in [1.165, 1.54) is 148 Å². The third-order valence-corrected chi connectivity index (χ3v) is 16.9. The van der Waals surface area contributed by atoms with Gasteiger partial charge in [0, 0.05) is 52.9 Å². The number of benzene rings is 9. The minimum Gasteiger partial charge on any atom is -0.311 e. The fourth-order valence-corrected chi connectivity index (χ4v) is 13.2. The lowest BCUT2D eigenvalue weighted by atomic mass is 9.33. The predicted octanol–water partition coefficient (Wildman–Crippen LogP) is 17.2. The van der Waals surface area contributed by atoms with Crippen molar-refractivity contribution in [3.05, 3.63) is 235 Å². The Morgan fingerprint density at radius 3 is 1.17 bits per heavy atom. The first-order valence-corrected chi connectivity index (χ1v) is 27.8. The second-order valence-corrected chi connectivity index (χ2v) is 21.4. The van der Waals surface area contributed by atoms with Crippen LogP contribution in [0.2, 0.25) is 0 Å². The molecule has 2 fully saturated rings. The molecule has 9 aromatic rings. The van der Waals surface area contributed by atoms with Gasteiger partial charge in [0.25, 0.3) is 6.71 Å². The highest BCUT2D eigenvalue weighted by Crippen LogP contribution is 2.49. The quantitative estimate of drug-likeness (QED) is 0.0955. The molecule has 13 rings (SSSR count). The van der Waals surface area contributed by atoms with Gasteiger partial charge in [-0.05, 0) is 183 Å². The largest absolute Gasteiger partial charge is 0.311 e. The van der Waals surface area contributed by atoms with E-state index in [1.54, 1.807) is 6.20 Å². The fourth-order valence-electron chi connectivity index (χ4n) is 13.2. The van der Waals surface area contributed by atoms with Crippen LogP contribution in [-0.2, 0) is 0 Å². The Kier molecular flexibility index (Phi) is 13.0. The van der Waals surface area contributed by atoms with Gasteiger partial charge in [-0.25, -0.2) is 0 Å². The third kappa shape index (κ3) is 8.92. The molecule has 370 valence electrons. The second kappa shape index (κ2) is 20.8. The van der Waals surface area contributed by atoms with Gasteiger partial charge in [-0.2, -0.15) is 0 Å². The first-order valence-electron chi connectivity index (χ1n) is 27.8. The van der Waals surface area contributed by atoms with Crippen molar-refractivity contribution < 1.29 is 0 Å². The van der Waals surface area contributed by atoms with Crippen LogP contribution in [-0.4, -0.2) is 26.2 Å². The lowest BCUT2D eigenvalue weighted by molar-refractivity contribution is 0.444. The van der Waals surface area contributed by atoms with Crippen LogP contribution in [0.25, 0.3) is 44.5 Å². The van der Waals surface area contributed by atoms with Gasteiger partial charge in [-0.15, -0.1) is 0 Å². The zero-order chi connectivity index (χ0) is 51.0. The number of rotatable bonds is 11. The number of aliphatic imine (C=N–C) groups is 2. The summed E-state index contributed by atoms with van der Waals surface area (Å²) in [5.41, 5.74) is 25.3. The zero-order valence-corrected chi connectivity index (χ0v) is 43.6. The van der Waals surface area contributed by atoms with Crippen molar-refractivity contribution in [1.82, 2.24) is 0 Å². The molecule has 0 radical (unpaired) electrons. The summed E-state index contributed by atoms with van der Waals surface area (Å²) in [5.74, 6) is 1.08. The summed E-state index contributed by atoms with van der Waals surface area (Å²) in [7, 11) is 1.89. The van der Waals surface area contributed by atoms with E-state index in [-0.39, 0.29) is 6.71 Å². The topological polar surface area (TPSA) is 31.2 Å². The van der Waals surface area contributed by atoms with Crippen LogP contribution in [0.15, 0.2) is 229 Å². The van der Waals surface area contributed by atoms with E-state index < -0.39 is 0 Å². The number of nitrogens with zero attached hydrogens (tertiary/aromatic N) is 4. The van der Waals surface area contributed by atoms with Crippen molar-refractivity contribution in [1.29, 1.82) is 0 Å². The molecule has 0 atom stereocenters. The van der Waals surface area contributed by atoms with Crippen LogP contribution >= 0.6 is 0 Å². The summed E-state index contributed by atoms with van der Waals surface area (Å²) >= 11 is 0. The Labute approximate surface area is 450 Å². The number of fused-ring (bicyclic) bond motifs is 4. The first kappa shape index (κ1) is 47.4. The minimum atomic E-state index is -0.0344. The Morgan fingerprint density at radius 2 is 0.816 bits per heavy atom. The normalized spacial score (nSPS) is 15.6.